The molecule has 0 spiro atoms. The minimum absolute atomic E-state index is 0.0726. The second kappa shape index (κ2) is 11.2. The number of benzene rings is 1. The van der Waals surface area contributed by atoms with Gasteiger partial charge in [-0.05, 0) is 57.5 Å². The Kier molecular flexibility index (Phi) is 9.00. The van der Waals surface area contributed by atoms with E-state index in [-0.39, 0.29) is 24.3 Å². The number of aryl methyl sites for hydroxylation is 1. The number of hydrogen-bond acceptors (Lipinski definition) is 4. The summed E-state index contributed by atoms with van der Waals surface area (Å²) in [6, 6.07) is 9.81. The summed E-state index contributed by atoms with van der Waals surface area (Å²) < 4.78 is 18.4. The van der Waals surface area contributed by atoms with Crippen LogP contribution in [0.15, 0.2) is 36.4 Å². The molecule has 0 atom stereocenters. The highest BCUT2D eigenvalue weighted by Crippen LogP contribution is 2.19. The lowest BCUT2D eigenvalue weighted by Gasteiger charge is -2.30. The first-order valence-electron chi connectivity index (χ1n) is 10.2. The molecule has 1 heterocycles. The summed E-state index contributed by atoms with van der Waals surface area (Å²) in [6.07, 6.45) is 0. The van der Waals surface area contributed by atoms with Gasteiger partial charge >= 0.3 is 6.03 Å². The molecule has 0 saturated heterocycles. The molecule has 0 unspecified atom stereocenters. The average molecular weight is 450 g/mol. The van der Waals surface area contributed by atoms with Gasteiger partial charge in [0.25, 0.3) is 0 Å². The van der Waals surface area contributed by atoms with Crippen molar-refractivity contribution in [1.82, 2.24) is 15.1 Å². The van der Waals surface area contributed by atoms with Crippen LogP contribution in [-0.4, -0.2) is 54.1 Å². The predicted octanol–water partition coefficient (Wildman–Crippen LogP) is 4.18. The van der Waals surface area contributed by atoms with E-state index in [1.807, 2.05) is 39.8 Å². The minimum Gasteiger partial charge on any atom is -0.383 e. The SMILES string of the molecule is COCCN(CC(=O)N(Cc1ccc(F)cc1)Cc1ccc(C)s1)C(=O)NC(C)(C)C. The third kappa shape index (κ3) is 8.67. The Morgan fingerprint density at radius 3 is 2.29 bits per heavy atom. The Bertz CT molecular complexity index is 862. The van der Waals surface area contributed by atoms with Gasteiger partial charge in [-0.15, -0.1) is 11.3 Å². The van der Waals surface area contributed by atoms with Crippen LogP contribution >= 0.6 is 11.3 Å². The van der Waals surface area contributed by atoms with Crippen LogP contribution in [0.5, 0.6) is 0 Å². The zero-order valence-corrected chi connectivity index (χ0v) is 19.7. The fourth-order valence-electron chi connectivity index (χ4n) is 2.92. The molecular weight excluding hydrogens is 417 g/mol. The van der Waals surface area contributed by atoms with E-state index >= 15 is 0 Å². The smallest absolute Gasteiger partial charge is 0.318 e. The van der Waals surface area contributed by atoms with Gasteiger partial charge in [0.1, 0.15) is 12.4 Å². The maximum Gasteiger partial charge on any atom is 0.318 e. The number of ether oxygens (including phenoxy) is 1. The van der Waals surface area contributed by atoms with Crippen molar-refractivity contribution in [3.05, 3.63) is 57.5 Å². The van der Waals surface area contributed by atoms with Crippen LogP contribution in [0.3, 0.4) is 0 Å². The van der Waals surface area contributed by atoms with Crippen LogP contribution in [0.2, 0.25) is 0 Å². The lowest BCUT2D eigenvalue weighted by atomic mass is 10.1. The zero-order valence-electron chi connectivity index (χ0n) is 18.9. The van der Waals surface area contributed by atoms with Crippen molar-refractivity contribution in [2.45, 2.75) is 46.3 Å². The van der Waals surface area contributed by atoms with Gasteiger partial charge in [-0.2, -0.15) is 0 Å². The molecule has 31 heavy (non-hydrogen) atoms. The quantitative estimate of drug-likeness (QED) is 0.625. The zero-order chi connectivity index (χ0) is 23.0. The Hall–Kier alpha value is -2.45. The molecule has 1 aromatic heterocycles. The molecule has 0 aliphatic rings. The Morgan fingerprint density at radius 1 is 1.06 bits per heavy atom. The van der Waals surface area contributed by atoms with Crippen LogP contribution in [0, 0.1) is 12.7 Å². The molecule has 3 amide bonds. The number of carbonyl (C=O) groups excluding carboxylic acids is 2. The monoisotopic (exact) mass is 449 g/mol. The lowest BCUT2D eigenvalue weighted by Crippen LogP contribution is -2.52. The Labute approximate surface area is 188 Å². The molecular formula is C23H32FN3O3S. The molecule has 0 aliphatic heterocycles. The van der Waals surface area contributed by atoms with Gasteiger partial charge in [-0.25, -0.2) is 9.18 Å². The van der Waals surface area contributed by atoms with E-state index in [1.54, 1.807) is 35.5 Å². The Balaban J connectivity index is 2.19. The van der Waals surface area contributed by atoms with Gasteiger partial charge < -0.3 is 19.9 Å². The van der Waals surface area contributed by atoms with Gasteiger partial charge in [-0.3, -0.25) is 4.79 Å². The van der Waals surface area contributed by atoms with E-state index in [4.69, 9.17) is 4.74 Å². The first kappa shape index (κ1) is 24.8. The van der Waals surface area contributed by atoms with Gasteiger partial charge in [-0.1, -0.05) is 12.1 Å². The first-order valence-corrected chi connectivity index (χ1v) is 11.0. The Morgan fingerprint density at radius 2 is 1.74 bits per heavy atom. The third-order valence-electron chi connectivity index (χ3n) is 4.44. The van der Waals surface area contributed by atoms with E-state index in [2.05, 4.69) is 5.32 Å². The fourth-order valence-corrected chi connectivity index (χ4v) is 3.82. The number of carbonyl (C=O) groups is 2. The molecule has 6 nitrogen and oxygen atoms in total. The first-order chi connectivity index (χ1) is 14.6. The van der Waals surface area contributed by atoms with Crippen molar-refractivity contribution in [2.75, 3.05) is 26.8 Å². The second-order valence-electron chi connectivity index (χ2n) is 8.48. The molecule has 0 bridgehead atoms. The number of halogens is 1. The van der Waals surface area contributed by atoms with Crippen molar-refractivity contribution in [3.63, 3.8) is 0 Å². The average Bonchev–Trinajstić information content (AvgIpc) is 3.09. The van der Waals surface area contributed by atoms with Crippen LogP contribution < -0.4 is 5.32 Å². The maximum absolute atomic E-state index is 13.3. The lowest BCUT2D eigenvalue weighted by molar-refractivity contribution is -0.133. The second-order valence-corrected chi connectivity index (χ2v) is 9.86. The maximum atomic E-state index is 13.3. The van der Waals surface area contributed by atoms with Crippen LogP contribution in [0.4, 0.5) is 9.18 Å². The van der Waals surface area contributed by atoms with Crippen LogP contribution in [0.25, 0.3) is 0 Å². The summed E-state index contributed by atoms with van der Waals surface area (Å²) in [7, 11) is 1.56. The van der Waals surface area contributed by atoms with Gasteiger partial charge in [0, 0.05) is 35.5 Å². The highest BCUT2D eigenvalue weighted by Gasteiger charge is 2.24. The van der Waals surface area contributed by atoms with Crippen molar-refractivity contribution in [2.24, 2.45) is 0 Å². The predicted molar refractivity (Wildman–Crippen MR) is 121 cm³/mol. The molecule has 1 N–H and O–H groups in total. The van der Waals surface area contributed by atoms with E-state index in [1.165, 1.54) is 17.0 Å². The molecule has 1 aromatic carbocycles. The molecule has 2 rings (SSSR count). The summed E-state index contributed by atoms with van der Waals surface area (Å²) in [5.74, 6) is -0.504. The molecule has 0 saturated carbocycles. The number of methoxy groups -OCH3 is 1. The van der Waals surface area contributed by atoms with Gasteiger partial charge in [0.15, 0.2) is 0 Å². The van der Waals surface area contributed by atoms with E-state index < -0.39 is 5.54 Å². The summed E-state index contributed by atoms with van der Waals surface area (Å²) >= 11 is 1.63. The van der Waals surface area contributed by atoms with Crippen LogP contribution in [0.1, 0.15) is 36.1 Å². The number of rotatable bonds is 9. The van der Waals surface area contributed by atoms with Crippen molar-refractivity contribution < 1.29 is 18.7 Å². The standard InChI is InChI=1S/C23H32FN3O3S/c1-17-6-11-20(31-17)15-27(14-18-7-9-19(24)10-8-18)21(28)16-26(12-13-30-5)22(29)25-23(2,3)4/h6-11H,12-16H2,1-5H3,(H,25,29). The van der Waals surface area contributed by atoms with Gasteiger partial charge in [0.2, 0.25) is 5.91 Å². The number of thiophene rings is 1. The van der Waals surface area contributed by atoms with E-state index in [9.17, 15) is 14.0 Å². The topological polar surface area (TPSA) is 61.9 Å². The molecule has 8 heteroatoms. The highest BCUT2D eigenvalue weighted by atomic mass is 32.1. The fraction of sp³-hybridized carbons (Fsp3) is 0.478. The van der Waals surface area contributed by atoms with Crippen LogP contribution in [-0.2, 0) is 22.6 Å². The van der Waals surface area contributed by atoms with E-state index in [0.29, 0.717) is 26.2 Å². The summed E-state index contributed by atoms with van der Waals surface area (Å²) in [5.41, 5.74) is 0.402. The highest BCUT2D eigenvalue weighted by molar-refractivity contribution is 7.11. The summed E-state index contributed by atoms with van der Waals surface area (Å²) in [5, 5.41) is 2.90. The third-order valence-corrected chi connectivity index (χ3v) is 5.43. The molecule has 0 fully saturated rings. The molecule has 0 radical (unpaired) electrons. The number of amides is 3. The molecule has 170 valence electrons. The number of nitrogens with one attached hydrogen (secondary N) is 1. The number of urea groups is 1. The summed E-state index contributed by atoms with van der Waals surface area (Å²) in [4.78, 5) is 31.4. The minimum atomic E-state index is -0.423. The van der Waals surface area contributed by atoms with Crippen molar-refractivity contribution in [3.8, 4) is 0 Å². The molecule has 2 aromatic rings. The molecule has 0 aliphatic carbocycles. The normalized spacial score (nSPS) is 11.3. The summed E-state index contributed by atoms with van der Waals surface area (Å²) in [6.45, 7) is 8.99. The van der Waals surface area contributed by atoms with Crippen molar-refractivity contribution in [1.29, 1.82) is 0 Å². The number of hydrogen-bond donors (Lipinski definition) is 1. The van der Waals surface area contributed by atoms with E-state index in [0.717, 1.165) is 15.3 Å². The number of nitrogens with zero attached hydrogens (tertiary/aromatic N) is 2. The van der Waals surface area contributed by atoms with Crippen molar-refractivity contribution >= 4 is 23.3 Å². The largest absolute Gasteiger partial charge is 0.383 e. The van der Waals surface area contributed by atoms with Gasteiger partial charge in [0.05, 0.1) is 13.2 Å².